The van der Waals surface area contributed by atoms with Crippen LogP contribution in [-0.4, -0.2) is 12.2 Å². The van der Waals surface area contributed by atoms with Crippen molar-refractivity contribution in [2.45, 2.75) is 45.9 Å². The normalized spacial score (nSPS) is 36.6. The Bertz CT molecular complexity index is 363. The van der Waals surface area contributed by atoms with Crippen LogP contribution in [0.3, 0.4) is 0 Å². The van der Waals surface area contributed by atoms with Crippen molar-refractivity contribution in [2.24, 2.45) is 17.6 Å². The van der Waals surface area contributed by atoms with E-state index in [1.165, 1.54) is 9.75 Å². The van der Waals surface area contributed by atoms with Crippen LogP contribution in [0.25, 0.3) is 0 Å². The fourth-order valence-corrected chi connectivity index (χ4v) is 3.67. The third-order valence-corrected chi connectivity index (χ3v) is 4.93. The highest BCUT2D eigenvalue weighted by molar-refractivity contribution is 7.12. The van der Waals surface area contributed by atoms with Crippen molar-refractivity contribution < 1.29 is 4.74 Å². The molecule has 0 aliphatic carbocycles. The average Bonchev–Trinajstić information content (AvgIpc) is 2.73. The van der Waals surface area contributed by atoms with Gasteiger partial charge in [-0.2, -0.15) is 0 Å². The first kappa shape index (κ1) is 12.1. The zero-order valence-electron chi connectivity index (χ0n) is 10.4. The van der Waals surface area contributed by atoms with Gasteiger partial charge in [0, 0.05) is 21.7 Å². The minimum Gasteiger partial charge on any atom is -0.375 e. The highest BCUT2D eigenvalue weighted by Gasteiger charge is 2.41. The SMILES string of the molecule is Cc1ccc(C(N)C2C(C)OC(C)C2C)s1. The molecule has 0 radical (unpaired) electrons. The molecule has 90 valence electrons. The fourth-order valence-electron chi connectivity index (χ4n) is 2.73. The summed E-state index contributed by atoms with van der Waals surface area (Å²) in [6.45, 7) is 8.67. The second kappa shape index (κ2) is 4.47. The molecule has 0 aromatic carbocycles. The molecule has 1 aromatic rings. The van der Waals surface area contributed by atoms with Crippen LogP contribution >= 0.6 is 11.3 Å². The summed E-state index contributed by atoms with van der Waals surface area (Å²) in [5, 5.41) is 0. The second-order valence-corrected chi connectivity index (χ2v) is 6.28. The van der Waals surface area contributed by atoms with Gasteiger partial charge in [-0.05, 0) is 38.8 Å². The number of hydrogen-bond donors (Lipinski definition) is 1. The molecule has 16 heavy (non-hydrogen) atoms. The highest BCUT2D eigenvalue weighted by atomic mass is 32.1. The molecule has 1 saturated heterocycles. The molecule has 1 aliphatic rings. The van der Waals surface area contributed by atoms with E-state index in [4.69, 9.17) is 10.5 Å². The van der Waals surface area contributed by atoms with Crippen LogP contribution in [-0.2, 0) is 4.74 Å². The Morgan fingerprint density at radius 2 is 1.94 bits per heavy atom. The molecule has 2 N–H and O–H groups in total. The van der Waals surface area contributed by atoms with Crippen LogP contribution in [0.5, 0.6) is 0 Å². The van der Waals surface area contributed by atoms with Crippen molar-refractivity contribution in [1.29, 1.82) is 0 Å². The molecule has 0 saturated carbocycles. The smallest absolute Gasteiger partial charge is 0.0600 e. The number of hydrogen-bond acceptors (Lipinski definition) is 3. The molecule has 2 heterocycles. The van der Waals surface area contributed by atoms with Gasteiger partial charge in [0.1, 0.15) is 0 Å². The highest BCUT2D eigenvalue weighted by Crippen LogP contribution is 2.40. The minimum absolute atomic E-state index is 0.119. The van der Waals surface area contributed by atoms with Crippen LogP contribution in [0.2, 0.25) is 0 Å². The molecule has 5 atom stereocenters. The fraction of sp³-hybridized carbons (Fsp3) is 0.692. The molecule has 2 nitrogen and oxygen atoms in total. The van der Waals surface area contributed by atoms with Crippen LogP contribution < -0.4 is 5.73 Å². The Morgan fingerprint density at radius 1 is 1.25 bits per heavy atom. The van der Waals surface area contributed by atoms with Gasteiger partial charge in [0.15, 0.2) is 0 Å². The lowest BCUT2D eigenvalue weighted by Gasteiger charge is -2.24. The Balaban J connectivity index is 2.18. The van der Waals surface area contributed by atoms with Gasteiger partial charge in [-0.15, -0.1) is 11.3 Å². The maximum Gasteiger partial charge on any atom is 0.0600 e. The van der Waals surface area contributed by atoms with Crippen LogP contribution in [0.15, 0.2) is 12.1 Å². The molecular formula is C13H21NOS. The first-order chi connectivity index (χ1) is 7.50. The zero-order chi connectivity index (χ0) is 11.9. The van der Waals surface area contributed by atoms with Crippen molar-refractivity contribution in [3.63, 3.8) is 0 Å². The summed E-state index contributed by atoms with van der Waals surface area (Å²) >= 11 is 1.81. The summed E-state index contributed by atoms with van der Waals surface area (Å²) in [7, 11) is 0. The largest absolute Gasteiger partial charge is 0.375 e. The van der Waals surface area contributed by atoms with Crippen molar-refractivity contribution in [2.75, 3.05) is 0 Å². The van der Waals surface area contributed by atoms with E-state index in [9.17, 15) is 0 Å². The van der Waals surface area contributed by atoms with E-state index in [-0.39, 0.29) is 12.1 Å². The van der Waals surface area contributed by atoms with Gasteiger partial charge in [-0.3, -0.25) is 0 Å². The average molecular weight is 239 g/mol. The molecule has 3 heteroatoms. The molecule has 0 bridgehead atoms. The molecule has 0 spiro atoms. The van der Waals surface area contributed by atoms with Gasteiger partial charge >= 0.3 is 0 Å². The Hall–Kier alpha value is -0.380. The van der Waals surface area contributed by atoms with Crippen LogP contribution in [0.1, 0.15) is 36.6 Å². The van der Waals surface area contributed by atoms with Gasteiger partial charge in [-0.25, -0.2) is 0 Å². The number of nitrogens with two attached hydrogens (primary N) is 1. The molecule has 2 rings (SSSR count). The van der Waals surface area contributed by atoms with E-state index in [1.807, 2.05) is 11.3 Å². The van der Waals surface area contributed by atoms with Gasteiger partial charge in [-0.1, -0.05) is 6.92 Å². The summed E-state index contributed by atoms with van der Waals surface area (Å²) in [5.41, 5.74) is 6.39. The van der Waals surface area contributed by atoms with E-state index in [2.05, 4.69) is 39.8 Å². The third kappa shape index (κ3) is 2.04. The van der Waals surface area contributed by atoms with Gasteiger partial charge in [0.2, 0.25) is 0 Å². The molecular weight excluding hydrogens is 218 g/mol. The van der Waals surface area contributed by atoms with Crippen molar-refractivity contribution in [3.8, 4) is 0 Å². The maximum absolute atomic E-state index is 6.39. The molecule has 1 fully saturated rings. The minimum atomic E-state index is 0.119. The predicted molar refractivity (Wildman–Crippen MR) is 68.6 cm³/mol. The number of rotatable bonds is 2. The summed E-state index contributed by atoms with van der Waals surface area (Å²) in [6, 6.07) is 4.43. The van der Waals surface area contributed by atoms with Crippen LogP contribution in [0, 0.1) is 18.8 Å². The van der Waals surface area contributed by atoms with Gasteiger partial charge < -0.3 is 10.5 Å². The predicted octanol–water partition coefficient (Wildman–Crippen LogP) is 3.12. The standard InChI is InChI=1S/C13H21NOS/c1-7-5-6-11(16-7)13(14)12-8(2)9(3)15-10(12)4/h5-6,8-10,12-13H,14H2,1-4H3. The first-order valence-corrected chi connectivity index (χ1v) is 6.79. The van der Waals surface area contributed by atoms with E-state index in [1.54, 1.807) is 0 Å². The van der Waals surface area contributed by atoms with E-state index in [0.717, 1.165) is 0 Å². The summed E-state index contributed by atoms with van der Waals surface area (Å²) < 4.78 is 5.86. The lowest BCUT2D eigenvalue weighted by Crippen LogP contribution is -2.30. The van der Waals surface area contributed by atoms with Crippen molar-refractivity contribution >= 4 is 11.3 Å². The second-order valence-electron chi connectivity index (χ2n) is 4.96. The third-order valence-electron chi connectivity index (χ3n) is 3.82. The molecule has 5 unspecified atom stereocenters. The number of thiophene rings is 1. The summed E-state index contributed by atoms with van der Waals surface area (Å²) in [6.07, 6.45) is 0.592. The lowest BCUT2D eigenvalue weighted by atomic mass is 9.83. The van der Waals surface area contributed by atoms with Crippen LogP contribution in [0.4, 0.5) is 0 Å². The maximum atomic E-state index is 6.39. The molecule has 1 aromatic heterocycles. The lowest BCUT2D eigenvalue weighted by molar-refractivity contribution is 0.0490. The van der Waals surface area contributed by atoms with E-state index in [0.29, 0.717) is 17.9 Å². The van der Waals surface area contributed by atoms with Crippen molar-refractivity contribution in [3.05, 3.63) is 21.9 Å². The summed E-state index contributed by atoms with van der Waals surface area (Å²) in [4.78, 5) is 2.62. The quantitative estimate of drug-likeness (QED) is 0.860. The first-order valence-electron chi connectivity index (χ1n) is 5.98. The monoisotopic (exact) mass is 239 g/mol. The van der Waals surface area contributed by atoms with E-state index < -0.39 is 0 Å². The van der Waals surface area contributed by atoms with E-state index >= 15 is 0 Å². The number of aryl methyl sites for hydroxylation is 1. The Morgan fingerprint density at radius 3 is 2.38 bits per heavy atom. The molecule has 0 amide bonds. The summed E-state index contributed by atoms with van der Waals surface area (Å²) in [5.74, 6) is 0.973. The van der Waals surface area contributed by atoms with Crippen molar-refractivity contribution in [1.82, 2.24) is 0 Å². The zero-order valence-corrected chi connectivity index (χ0v) is 11.3. The molecule has 1 aliphatic heterocycles. The Labute approximate surface area is 102 Å². The topological polar surface area (TPSA) is 35.2 Å². The number of ether oxygens (including phenoxy) is 1. The van der Waals surface area contributed by atoms with Gasteiger partial charge in [0.05, 0.1) is 12.2 Å². The van der Waals surface area contributed by atoms with Gasteiger partial charge in [0.25, 0.3) is 0 Å². The Kier molecular flexibility index (Phi) is 3.38.